The number of nitrogens with two attached hydrogens (primary N) is 1. The zero-order valence-electron chi connectivity index (χ0n) is 11.2. The Morgan fingerprint density at radius 1 is 1.05 bits per heavy atom. The highest BCUT2D eigenvalue weighted by Gasteiger charge is 2.19. The first-order chi connectivity index (χ1) is 10.5. The van der Waals surface area contributed by atoms with Crippen molar-refractivity contribution < 1.29 is 14.4 Å². The van der Waals surface area contributed by atoms with Gasteiger partial charge in [0.1, 0.15) is 0 Å². The van der Waals surface area contributed by atoms with Gasteiger partial charge in [0.15, 0.2) is 5.15 Å². The monoisotopic (exact) mass is 318 g/mol. The lowest BCUT2D eigenvalue weighted by Crippen LogP contribution is -2.39. The molecule has 0 aliphatic heterocycles. The summed E-state index contributed by atoms with van der Waals surface area (Å²) < 4.78 is 0. The molecule has 22 heavy (non-hydrogen) atoms. The van der Waals surface area contributed by atoms with Gasteiger partial charge in [-0.05, 0) is 24.3 Å². The number of benzene rings is 1. The van der Waals surface area contributed by atoms with Gasteiger partial charge in [-0.25, -0.2) is 4.98 Å². The van der Waals surface area contributed by atoms with E-state index in [9.17, 15) is 14.4 Å². The summed E-state index contributed by atoms with van der Waals surface area (Å²) >= 11 is 5.75. The van der Waals surface area contributed by atoms with Crippen LogP contribution in [0.5, 0.6) is 0 Å². The standard InChI is InChI=1S/C14H11ClN4O3/c15-11-10(6-3-7-17-11)18-13(21)14(22)19-12(20)8-4-1-2-5-9(8)16/h1-7H,16H2,(H,18,21)(H,19,20,22). The highest BCUT2D eigenvalue weighted by molar-refractivity contribution is 6.43. The van der Waals surface area contributed by atoms with Crippen molar-refractivity contribution in [3.63, 3.8) is 0 Å². The van der Waals surface area contributed by atoms with E-state index in [1.165, 1.54) is 30.5 Å². The van der Waals surface area contributed by atoms with Gasteiger partial charge in [-0.3, -0.25) is 19.7 Å². The van der Waals surface area contributed by atoms with Crippen LogP contribution in [0, 0.1) is 0 Å². The van der Waals surface area contributed by atoms with Gasteiger partial charge in [0.25, 0.3) is 5.91 Å². The van der Waals surface area contributed by atoms with E-state index in [0.717, 1.165) is 0 Å². The zero-order valence-corrected chi connectivity index (χ0v) is 11.9. The van der Waals surface area contributed by atoms with Crippen molar-refractivity contribution in [1.29, 1.82) is 0 Å². The number of nitrogen functional groups attached to an aromatic ring is 1. The number of hydrogen-bond donors (Lipinski definition) is 3. The van der Waals surface area contributed by atoms with Crippen LogP contribution in [-0.2, 0) is 9.59 Å². The first-order valence-corrected chi connectivity index (χ1v) is 6.48. The molecular weight excluding hydrogens is 308 g/mol. The van der Waals surface area contributed by atoms with Gasteiger partial charge < -0.3 is 11.1 Å². The molecular formula is C14H11ClN4O3. The summed E-state index contributed by atoms with van der Waals surface area (Å²) in [4.78, 5) is 39.0. The van der Waals surface area contributed by atoms with E-state index in [1.807, 2.05) is 5.32 Å². The number of nitrogens with one attached hydrogen (secondary N) is 2. The van der Waals surface area contributed by atoms with Gasteiger partial charge in [0.2, 0.25) is 0 Å². The molecule has 7 nitrogen and oxygen atoms in total. The van der Waals surface area contributed by atoms with E-state index >= 15 is 0 Å². The number of nitrogens with zero attached hydrogens (tertiary/aromatic N) is 1. The molecule has 2 rings (SSSR count). The molecule has 0 unspecified atom stereocenters. The van der Waals surface area contributed by atoms with Crippen LogP contribution in [-0.4, -0.2) is 22.7 Å². The molecule has 0 saturated carbocycles. The number of amides is 3. The van der Waals surface area contributed by atoms with Crippen molar-refractivity contribution >= 4 is 40.7 Å². The molecule has 1 heterocycles. The summed E-state index contributed by atoms with van der Waals surface area (Å²) in [6, 6.07) is 9.19. The summed E-state index contributed by atoms with van der Waals surface area (Å²) in [6.45, 7) is 0. The molecule has 2 aromatic rings. The Labute approximate surface area is 130 Å². The zero-order chi connectivity index (χ0) is 16.1. The fraction of sp³-hybridized carbons (Fsp3) is 0. The number of aromatic nitrogens is 1. The molecule has 0 aliphatic rings. The number of rotatable bonds is 2. The van der Waals surface area contributed by atoms with E-state index in [0.29, 0.717) is 0 Å². The van der Waals surface area contributed by atoms with Crippen LogP contribution in [0.15, 0.2) is 42.6 Å². The largest absolute Gasteiger partial charge is 0.398 e. The first kappa shape index (κ1) is 15.5. The average molecular weight is 319 g/mol. The highest BCUT2D eigenvalue weighted by Crippen LogP contribution is 2.17. The molecule has 0 aliphatic carbocycles. The topological polar surface area (TPSA) is 114 Å². The number of anilines is 2. The lowest BCUT2D eigenvalue weighted by molar-refractivity contribution is -0.135. The van der Waals surface area contributed by atoms with Gasteiger partial charge in [-0.2, -0.15) is 0 Å². The minimum atomic E-state index is -1.13. The average Bonchev–Trinajstić information content (AvgIpc) is 2.49. The van der Waals surface area contributed by atoms with Gasteiger partial charge in [0, 0.05) is 11.9 Å². The number of imide groups is 1. The molecule has 0 atom stereocenters. The molecule has 0 spiro atoms. The molecule has 0 radical (unpaired) electrons. The number of halogens is 1. The molecule has 1 aromatic carbocycles. The second-order valence-corrected chi connectivity index (χ2v) is 4.52. The number of carbonyl (C=O) groups excluding carboxylic acids is 3. The van der Waals surface area contributed by atoms with Crippen molar-refractivity contribution in [2.75, 3.05) is 11.1 Å². The second-order valence-electron chi connectivity index (χ2n) is 4.17. The first-order valence-electron chi connectivity index (χ1n) is 6.10. The van der Waals surface area contributed by atoms with E-state index in [4.69, 9.17) is 17.3 Å². The van der Waals surface area contributed by atoms with Crippen molar-refractivity contribution in [2.24, 2.45) is 0 Å². The van der Waals surface area contributed by atoms with E-state index < -0.39 is 17.7 Å². The second kappa shape index (κ2) is 6.68. The molecule has 8 heteroatoms. The summed E-state index contributed by atoms with van der Waals surface area (Å²) in [7, 11) is 0. The maximum absolute atomic E-state index is 11.9. The van der Waals surface area contributed by atoms with Crippen molar-refractivity contribution in [1.82, 2.24) is 10.3 Å². The molecule has 0 saturated heterocycles. The smallest absolute Gasteiger partial charge is 0.316 e. The Kier molecular flexibility index (Phi) is 4.70. The molecule has 3 amide bonds. The maximum Gasteiger partial charge on any atom is 0.316 e. The molecule has 1 aromatic heterocycles. The summed E-state index contributed by atoms with van der Waals surface area (Å²) in [6.07, 6.45) is 1.43. The van der Waals surface area contributed by atoms with Crippen LogP contribution in [0.25, 0.3) is 0 Å². The van der Waals surface area contributed by atoms with Gasteiger partial charge >= 0.3 is 11.8 Å². The van der Waals surface area contributed by atoms with Crippen LogP contribution in [0.1, 0.15) is 10.4 Å². The van der Waals surface area contributed by atoms with Crippen LogP contribution < -0.4 is 16.4 Å². The number of carbonyl (C=O) groups is 3. The molecule has 0 bridgehead atoms. The van der Waals surface area contributed by atoms with Crippen LogP contribution >= 0.6 is 11.6 Å². The van der Waals surface area contributed by atoms with Gasteiger partial charge in [-0.1, -0.05) is 23.7 Å². The summed E-state index contributed by atoms with van der Waals surface area (Å²) in [5.41, 5.74) is 6.08. The summed E-state index contributed by atoms with van der Waals surface area (Å²) in [5.74, 6) is -2.94. The number of pyridine rings is 1. The predicted molar refractivity (Wildman–Crippen MR) is 81.2 cm³/mol. The van der Waals surface area contributed by atoms with Crippen molar-refractivity contribution in [2.45, 2.75) is 0 Å². The van der Waals surface area contributed by atoms with Crippen molar-refractivity contribution in [3.8, 4) is 0 Å². The maximum atomic E-state index is 11.9. The lowest BCUT2D eigenvalue weighted by atomic mass is 10.1. The lowest BCUT2D eigenvalue weighted by Gasteiger charge is -2.07. The summed E-state index contributed by atoms with van der Waals surface area (Å²) in [5, 5.41) is 4.23. The van der Waals surface area contributed by atoms with Gasteiger partial charge in [0.05, 0.1) is 11.3 Å². The van der Waals surface area contributed by atoms with Crippen LogP contribution in [0.4, 0.5) is 11.4 Å². The third kappa shape index (κ3) is 3.58. The van der Waals surface area contributed by atoms with E-state index in [1.54, 1.807) is 12.1 Å². The quantitative estimate of drug-likeness (QED) is 0.437. The highest BCUT2D eigenvalue weighted by atomic mass is 35.5. The third-order valence-corrected chi connectivity index (χ3v) is 2.95. The Hall–Kier alpha value is -2.93. The third-order valence-electron chi connectivity index (χ3n) is 2.65. The molecule has 112 valence electrons. The number of hydrogen-bond acceptors (Lipinski definition) is 5. The van der Waals surface area contributed by atoms with E-state index in [-0.39, 0.29) is 22.1 Å². The predicted octanol–water partition coefficient (Wildman–Crippen LogP) is 1.21. The van der Waals surface area contributed by atoms with E-state index in [2.05, 4.69) is 10.3 Å². The fourth-order valence-corrected chi connectivity index (χ4v) is 1.76. The molecule has 4 N–H and O–H groups in total. The van der Waals surface area contributed by atoms with Gasteiger partial charge in [-0.15, -0.1) is 0 Å². The molecule has 0 fully saturated rings. The Morgan fingerprint density at radius 2 is 1.77 bits per heavy atom. The fourth-order valence-electron chi connectivity index (χ4n) is 1.59. The van der Waals surface area contributed by atoms with Crippen LogP contribution in [0.2, 0.25) is 5.15 Å². The normalized spacial score (nSPS) is 9.86. The SMILES string of the molecule is Nc1ccccc1C(=O)NC(=O)C(=O)Nc1cccnc1Cl. The Morgan fingerprint density at radius 3 is 2.45 bits per heavy atom. The number of para-hydroxylation sites is 1. The Bertz CT molecular complexity index is 748. The van der Waals surface area contributed by atoms with Crippen LogP contribution in [0.3, 0.4) is 0 Å². The minimum Gasteiger partial charge on any atom is -0.398 e. The van der Waals surface area contributed by atoms with Crippen molar-refractivity contribution in [3.05, 3.63) is 53.3 Å². The minimum absolute atomic E-state index is 0.0299. The Balaban J connectivity index is 2.03.